The summed E-state index contributed by atoms with van der Waals surface area (Å²) in [5, 5.41) is 3.46. The topological polar surface area (TPSA) is 32.5 Å². The summed E-state index contributed by atoms with van der Waals surface area (Å²) in [6.07, 6.45) is 3.93. The van der Waals surface area contributed by atoms with Crippen LogP contribution in [0.2, 0.25) is 0 Å². The molecule has 0 aromatic heterocycles. The first-order valence-corrected chi connectivity index (χ1v) is 2.22. The maximum atomic E-state index is 5.38. The van der Waals surface area contributed by atoms with E-state index in [1.807, 2.05) is 24.3 Å². The van der Waals surface area contributed by atoms with Crippen LogP contribution in [0.1, 0.15) is 0 Å². The second-order valence-corrected chi connectivity index (χ2v) is 1.58. The number of hydrazine groups is 2. The second kappa shape index (κ2) is 1.52. The van der Waals surface area contributed by atoms with E-state index in [0.29, 0.717) is 0 Å². The van der Waals surface area contributed by atoms with Gasteiger partial charge in [-0.25, -0.2) is 0 Å². The fourth-order valence-electron chi connectivity index (χ4n) is 0.522. The molecule has 0 saturated heterocycles. The van der Waals surface area contributed by atoms with Gasteiger partial charge in [-0.2, -0.15) is 5.12 Å². The van der Waals surface area contributed by atoms with E-state index in [9.17, 15) is 0 Å². The van der Waals surface area contributed by atoms with Gasteiger partial charge in [0.15, 0.2) is 0 Å². The maximum Gasteiger partial charge on any atom is 0.0535 e. The van der Waals surface area contributed by atoms with E-state index in [1.54, 1.807) is 5.12 Å². The van der Waals surface area contributed by atoms with Gasteiger partial charge in [-0.1, -0.05) is 0 Å². The Morgan fingerprint density at radius 1 is 1.71 bits per heavy atom. The molecule has 1 aliphatic rings. The molecule has 3 nitrogen and oxygen atoms in total. The highest BCUT2D eigenvalue weighted by atomic mass is 15.7. The highest BCUT2D eigenvalue weighted by molar-refractivity contribution is 4.87. The number of hydrogen-bond acceptors (Lipinski definition) is 3. The van der Waals surface area contributed by atoms with Crippen LogP contribution in [0.25, 0.3) is 0 Å². The maximum absolute atomic E-state index is 5.38. The molecule has 0 amide bonds. The van der Waals surface area contributed by atoms with Gasteiger partial charge < -0.3 is 5.01 Å². The summed E-state index contributed by atoms with van der Waals surface area (Å²) in [4.78, 5) is 0. The molecule has 0 aromatic carbocycles. The zero-order valence-corrected chi connectivity index (χ0v) is 4.33. The zero-order chi connectivity index (χ0) is 5.28. The lowest BCUT2D eigenvalue weighted by Crippen LogP contribution is -2.38. The molecule has 0 saturated carbocycles. The summed E-state index contributed by atoms with van der Waals surface area (Å²) in [5.41, 5.74) is 0. The van der Waals surface area contributed by atoms with Crippen LogP contribution in [0.3, 0.4) is 0 Å². The third-order valence-corrected chi connectivity index (χ3v) is 1.02. The molecule has 0 unspecified atom stereocenters. The van der Waals surface area contributed by atoms with Crippen molar-refractivity contribution in [3.05, 3.63) is 12.3 Å². The van der Waals surface area contributed by atoms with Crippen molar-refractivity contribution in [3.8, 4) is 0 Å². The minimum absolute atomic E-state index is 0.830. The molecule has 0 bridgehead atoms. The van der Waals surface area contributed by atoms with Crippen LogP contribution in [0.4, 0.5) is 0 Å². The van der Waals surface area contributed by atoms with Crippen molar-refractivity contribution >= 4 is 0 Å². The fraction of sp³-hybridized carbons (Fsp3) is 0.500. The molecular weight excluding hydrogens is 90.1 g/mol. The molecule has 0 radical (unpaired) electrons. The SMILES string of the molecule is CN1C=CCN1N. The fourth-order valence-corrected chi connectivity index (χ4v) is 0.522. The third kappa shape index (κ3) is 0.730. The number of nitrogens with zero attached hydrogens (tertiary/aromatic N) is 2. The van der Waals surface area contributed by atoms with Crippen molar-refractivity contribution in [3.63, 3.8) is 0 Å². The Bertz CT molecular complexity index is 88.9. The molecule has 0 spiro atoms. The van der Waals surface area contributed by atoms with Crippen molar-refractivity contribution in [1.29, 1.82) is 0 Å². The molecule has 40 valence electrons. The summed E-state index contributed by atoms with van der Waals surface area (Å²) in [5.74, 6) is 5.38. The monoisotopic (exact) mass is 99.1 g/mol. The number of rotatable bonds is 0. The van der Waals surface area contributed by atoms with Crippen molar-refractivity contribution < 1.29 is 0 Å². The van der Waals surface area contributed by atoms with E-state index >= 15 is 0 Å². The first-order valence-electron chi connectivity index (χ1n) is 2.22. The van der Waals surface area contributed by atoms with Gasteiger partial charge in [-0.3, -0.25) is 5.84 Å². The molecular formula is C4H9N3. The van der Waals surface area contributed by atoms with E-state index in [-0.39, 0.29) is 0 Å². The summed E-state index contributed by atoms with van der Waals surface area (Å²) >= 11 is 0. The molecule has 1 rings (SSSR count). The Kier molecular flexibility index (Phi) is 1.00. The molecule has 0 fully saturated rings. The quantitative estimate of drug-likeness (QED) is 0.417. The molecule has 3 heteroatoms. The molecule has 0 atom stereocenters. The summed E-state index contributed by atoms with van der Waals surface area (Å²) in [6, 6.07) is 0. The minimum Gasteiger partial charge on any atom is -0.303 e. The van der Waals surface area contributed by atoms with Crippen LogP contribution in [0.15, 0.2) is 12.3 Å². The normalized spacial score (nSPS) is 21.7. The van der Waals surface area contributed by atoms with Crippen LogP contribution < -0.4 is 5.84 Å². The van der Waals surface area contributed by atoms with E-state index in [4.69, 9.17) is 5.84 Å². The molecule has 0 aromatic rings. The van der Waals surface area contributed by atoms with E-state index in [0.717, 1.165) is 6.54 Å². The van der Waals surface area contributed by atoms with Gasteiger partial charge in [-0.05, 0) is 6.08 Å². The van der Waals surface area contributed by atoms with Crippen LogP contribution in [-0.4, -0.2) is 23.7 Å². The molecule has 0 aliphatic carbocycles. The standard InChI is InChI=1S/C4H9N3/c1-6-3-2-4-7(6)5/h2-3H,4-5H2,1H3. The van der Waals surface area contributed by atoms with Gasteiger partial charge in [0.2, 0.25) is 0 Å². The molecule has 1 heterocycles. The van der Waals surface area contributed by atoms with E-state index in [2.05, 4.69) is 0 Å². The first-order chi connectivity index (χ1) is 3.30. The van der Waals surface area contributed by atoms with Gasteiger partial charge >= 0.3 is 0 Å². The Morgan fingerprint density at radius 3 is 2.57 bits per heavy atom. The summed E-state index contributed by atoms with van der Waals surface area (Å²) in [6.45, 7) is 0.830. The molecule has 2 N–H and O–H groups in total. The Balaban J connectivity index is 2.45. The van der Waals surface area contributed by atoms with Gasteiger partial charge in [0.25, 0.3) is 0 Å². The van der Waals surface area contributed by atoms with E-state index in [1.165, 1.54) is 0 Å². The van der Waals surface area contributed by atoms with Crippen molar-refractivity contribution in [1.82, 2.24) is 10.1 Å². The number of nitrogens with two attached hydrogens (primary N) is 1. The minimum atomic E-state index is 0.830. The zero-order valence-electron chi connectivity index (χ0n) is 4.33. The predicted octanol–water partition coefficient (Wildman–Crippen LogP) is -0.464. The summed E-state index contributed by atoms with van der Waals surface area (Å²) < 4.78 is 0. The Labute approximate surface area is 42.9 Å². The van der Waals surface area contributed by atoms with Crippen molar-refractivity contribution in [2.24, 2.45) is 5.84 Å². The lowest BCUT2D eigenvalue weighted by Gasteiger charge is -2.17. The van der Waals surface area contributed by atoms with Crippen molar-refractivity contribution in [2.45, 2.75) is 0 Å². The second-order valence-electron chi connectivity index (χ2n) is 1.58. The highest BCUT2D eigenvalue weighted by Gasteiger charge is 2.03. The first kappa shape index (κ1) is 4.61. The Hall–Kier alpha value is -0.540. The van der Waals surface area contributed by atoms with Crippen LogP contribution in [0.5, 0.6) is 0 Å². The van der Waals surface area contributed by atoms with E-state index < -0.39 is 0 Å². The van der Waals surface area contributed by atoms with Crippen LogP contribution in [-0.2, 0) is 0 Å². The Morgan fingerprint density at radius 2 is 2.43 bits per heavy atom. The average molecular weight is 99.1 g/mol. The van der Waals surface area contributed by atoms with Crippen LogP contribution in [0, 0.1) is 0 Å². The van der Waals surface area contributed by atoms with Crippen molar-refractivity contribution in [2.75, 3.05) is 13.6 Å². The smallest absolute Gasteiger partial charge is 0.0535 e. The van der Waals surface area contributed by atoms with Gasteiger partial charge in [0, 0.05) is 13.2 Å². The third-order valence-electron chi connectivity index (χ3n) is 1.02. The highest BCUT2D eigenvalue weighted by Crippen LogP contribution is 1.95. The van der Waals surface area contributed by atoms with Gasteiger partial charge in [0.05, 0.1) is 6.54 Å². The summed E-state index contributed by atoms with van der Waals surface area (Å²) in [7, 11) is 1.91. The molecule has 1 aliphatic heterocycles. The van der Waals surface area contributed by atoms with Gasteiger partial charge in [0.1, 0.15) is 0 Å². The molecule has 7 heavy (non-hydrogen) atoms. The largest absolute Gasteiger partial charge is 0.303 e. The predicted molar refractivity (Wildman–Crippen MR) is 27.8 cm³/mol. The average Bonchev–Trinajstić information content (AvgIpc) is 1.91. The number of hydrogen-bond donors (Lipinski definition) is 1. The van der Waals surface area contributed by atoms with Gasteiger partial charge in [-0.15, -0.1) is 0 Å². The van der Waals surface area contributed by atoms with Crippen LogP contribution >= 0.6 is 0 Å². The lowest BCUT2D eigenvalue weighted by molar-refractivity contribution is 0.0810. The lowest BCUT2D eigenvalue weighted by atomic mass is 10.6.